The standard InChI is InChI=1S/C16H24ClN5O2/c1-5-6-7-22-16(19-20-21-22)18-10-12-8-13(17)9-14(23-4)15(12)24-11(2)3/h8-9,11H,5-7,10H2,1-4H3,(H,18,19,21). The van der Waals surface area contributed by atoms with Crippen LogP contribution in [0.15, 0.2) is 12.1 Å². The number of benzene rings is 1. The highest BCUT2D eigenvalue weighted by Crippen LogP contribution is 2.35. The van der Waals surface area contributed by atoms with Crippen molar-refractivity contribution in [2.45, 2.75) is 52.8 Å². The van der Waals surface area contributed by atoms with E-state index in [4.69, 9.17) is 21.1 Å². The van der Waals surface area contributed by atoms with Crippen LogP contribution in [0.25, 0.3) is 0 Å². The van der Waals surface area contributed by atoms with Crippen LogP contribution in [0.5, 0.6) is 11.5 Å². The number of aryl methyl sites for hydroxylation is 1. The Hall–Kier alpha value is -2.02. The van der Waals surface area contributed by atoms with Crippen molar-refractivity contribution in [3.8, 4) is 11.5 Å². The van der Waals surface area contributed by atoms with Crippen molar-refractivity contribution in [3.05, 3.63) is 22.7 Å². The normalized spacial score (nSPS) is 10.9. The van der Waals surface area contributed by atoms with E-state index >= 15 is 0 Å². The van der Waals surface area contributed by atoms with E-state index in [2.05, 4.69) is 27.8 Å². The summed E-state index contributed by atoms with van der Waals surface area (Å²) in [6, 6.07) is 3.60. The number of nitrogens with zero attached hydrogens (tertiary/aromatic N) is 4. The number of ether oxygens (including phenoxy) is 2. The van der Waals surface area contributed by atoms with Gasteiger partial charge in [0, 0.05) is 29.7 Å². The van der Waals surface area contributed by atoms with Gasteiger partial charge in [0.25, 0.3) is 0 Å². The molecule has 132 valence electrons. The Labute approximate surface area is 147 Å². The molecule has 8 heteroatoms. The van der Waals surface area contributed by atoms with Gasteiger partial charge in [0.2, 0.25) is 5.95 Å². The van der Waals surface area contributed by atoms with Gasteiger partial charge in [-0.3, -0.25) is 0 Å². The molecule has 0 radical (unpaired) electrons. The minimum atomic E-state index is 0.0219. The van der Waals surface area contributed by atoms with Gasteiger partial charge >= 0.3 is 0 Å². The molecule has 1 N–H and O–H groups in total. The minimum Gasteiger partial charge on any atom is -0.493 e. The summed E-state index contributed by atoms with van der Waals surface area (Å²) in [5.41, 5.74) is 0.887. The highest BCUT2D eigenvalue weighted by Gasteiger charge is 2.15. The molecule has 0 saturated heterocycles. The number of hydrogen-bond donors (Lipinski definition) is 1. The average molecular weight is 354 g/mol. The number of methoxy groups -OCH3 is 1. The fraction of sp³-hybridized carbons (Fsp3) is 0.562. The summed E-state index contributed by atoms with van der Waals surface area (Å²) in [6.07, 6.45) is 2.12. The molecule has 1 aromatic heterocycles. The van der Waals surface area contributed by atoms with Crippen molar-refractivity contribution in [2.24, 2.45) is 0 Å². The van der Waals surface area contributed by atoms with Gasteiger partial charge in [-0.25, -0.2) is 4.68 Å². The number of tetrazole rings is 1. The van der Waals surface area contributed by atoms with Crippen LogP contribution < -0.4 is 14.8 Å². The molecule has 0 atom stereocenters. The molecule has 0 fully saturated rings. The van der Waals surface area contributed by atoms with Gasteiger partial charge < -0.3 is 14.8 Å². The minimum absolute atomic E-state index is 0.0219. The van der Waals surface area contributed by atoms with Crippen LogP contribution in [-0.4, -0.2) is 33.4 Å². The largest absolute Gasteiger partial charge is 0.493 e. The molecule has 0 aliphatic heterocycles. The van der Waals surface area contributed by atoms with Crippen LogP contribution in [-0.2, 0) is 13.1 Å². The fourth-order valence-electron chi connectivity index (χ4n) is 2.24. The highest BCUT2D eigenvalue weighted by atomic mass is 35.5. The summed E-state index contributed by atoms with van der Waals surface area (Å²) in [6.45, 7) is 7.32. The molecule has 0 bridgehead atoms. The molecular formula is C16H24ClN5O2. The molecule has 2 rings (SSSR count). The Bertz CT molecular complexity index is 660. The molecule has 0 amide bonds. The maximum atomic E-state index is 6.19. The Morgan fingerprint density at radius 2 is 2.12 bits per heavy atom. The van der Waals surface area contributed by atoms with E-state index in [0.29, 0.717) is 29.0 Å². The highest BCUT2D eigenvalue weighted by molar-refractivity contribution is 6.30. The van der Waals surface area contributed by atoms with Gasteiger partial charge in [0.1, 0.15) is 0 Å². The number of unbranched alkanes of at least 4 members (excludes halogenated alkanes) is 1. The monoisotopic (exact) mass is 353 g/mol. The van der Waals surface area contributed by atoms with Gasteiger partial charge in [0.15, 0.2) is 11.5 Å². The molecule has 0 aliphatic rings. The number of aromatic nitrogens is 4. The van der Waals surface area contributed by atoms with Crippen molar-refractivity contribution in [2.75, 3.05) is 12.4 Å². The summed E-state index contributed by atoms with van der Waals surface area (Å²) in [5, 5.41) is 15.6. The third kappa shape index (κ3) is 4.74. The zero-order chi connectivity index (χ0) is 17.5. The van der Waals surface area contributed by atoms with Gasteiger partial charge in [0.05, 0.1) is 13.2 Å². The first-order valence-corrected chi connectivity index (χ1v) is 8.46. The molecule has 2 aromatic rings. The summed E-state index contributed by atoms with van der Waals surface area (Å²) >= 11 is 6.19. The van der Waals surface area contributed by atoms with Gasteiger partial charge in [-0.05, 0) is 36.8 Å². The predicted octanol–water partition coefficient (Wildman–Crippen LogP) is 3.53. The Morgan fingerprint density at radius 1 is 1.33 bits per heavy atom. The number of anilines is 1. The SMILES string of the molecule is CCCCn1nnnc1NCc1cc(Cl)cc(OC)c1OC(C)C. The molecule has 0 aliphatic carbocycles. The molecule has 1 aromatic carbocycles. The quantitative estimate of drug-likeness (QED) is 0.743. The van der Waals surface area contributed by atoms with Gasteiger partial charge in [-0.1, -0.05) is 30.0 Å². The lowest BCUT2D eigenvalue weighted by molar-refractivity contribution is 0.228. The van der Waals surface area contributed by atoms with Gasteiger partial charge in [-0.2, -0.15) is 0 Å². The van der Waals surface area contributed by atoms with Crippen molar-refractivity contribution < 1.29 is 9.47 Å². The lowest BCUT2D eigenvalue weighted by atomic mass is 10.1. The average Bonchev–Trinajstić information content (AvgIpc) is 2.99. The third-order valence-corrected chi connectivity index (χ3v) is 3.58. The molecule has 0 unspecified atom stereocenters. The summed E-state index contributed by atoms with van der Waals surface area (Å²) in [4.78, 5) is 0. The zero-order valence-corrected chi connectivity index (χ0v) is 15.3. The topological polar surface area (TPSA) is 74.1 Å². The van der Waals surface area contributed by atoms with Crippen LogP contribution in [0.4, 0.5) is 5.95 Å². The van der Waals surface area contributed by atoms with E-state index < -0.39 is 0 Å². The second-order valence-corrected chi connectivity index (χ2v) is 6.13. The molecular weight excluding hydrogens is 330 g/mol. The Morgan fingerprint density at radius 3 is 2.79 bits per heavy atom. The first-order valence-electron chi connectivity index (χ1n) is 8.08. The molecule has 24 heavy (non-hydrogen) atoms. The first kappa shape index (κ1) is 18.3. The van der Waals surface area contributed by atoms with E-state index in [1.807, 2.05) is 19.9 Å². The molecule has 0 saturated carbocycles. The Balaban J connectivity index is 2.19. The summed E-state index contributed by atoms with van der Waals surface area (Å²) < 4.78 is 13.1. The lowest BCUT2D eigenvalue weighted by Gasteiger charge is -2.18. The van der Waals surface area contributed by atoms with Crippen LogP contribution in [0, 0.1) is 0 Å². The lowest BCUT2D eigenvalue weighted by Crippen LogP contribution is -2.13. The smallest absolute Gasteiger partial charge is 0.243 e. The molecule has 7 nitrogen and oxygen atoms in total. The summed E-state index contributed by atoms with van der Waals surface area (Å²) in [7, 11) is 1.60. The van der Waals surface area contributed by atoms with E-state index in [0.717, 1.165) is 24.9 Å². The summed E-state index contributed by atoms with van der Waals surface area (Å²) in [5.74, 6) is 1.91. The molecule has 0 spiro atoms. The van der Waals surface area contributed by atoms with E-state index in [1.165, 1.54) is 0 Å². The van der Waals surface area contributed by atoms with Crippen LogP contribution in [0.2, 0.25) is 5.02 Å². The van der Waals surface area contributed by atoms with Crippen molar-refractivity contribution >= 4 is 17.5 Å². The fourth-order valence-corrected chi connectivity index (χ4v) is 2.47. The first-order chi connectivity index (χ1) is 11.5. The molecule has 1 heterocycles. The van der Waals surface area contributed by atoms with Crippen molar-refractivity contribution in [1.29, 1.82) is 0 Å². The number of rotatable bonds is 9. The van der Waals surface area contributed by atoms with Crippen molar-refractivity contribution in [1.82, 2.24) is 20.2 Å². The van der Waals surface area contributed by atoms with E-state index in [1.54, 1.807) is 17.9 Å². The van der Waals surface area contributed by atoms with E-state index in [9.17, 15) is 0 Å². The van der Waals surface area contributed by atoms with E-state index in [-0.39, 0.29) is 6.10 Å². The number of hydrogen-bond acceptors (Lipinski definition) is 6. The second-order valence-electron chi connectivity index (χ2n) is 5.70. The maximum absolute atomic E-state index is 6.19. The van der Waals surface area contributed by atoms with Crippen LogP contribution in [0.1, 0.15) is 39.2 Å². The number of nitrogens with one attached hydrogen (secondary N) is 1. The van der Waals surface area contributed by atoms with Gasteiger partial charge in [-0.15, -0.1) is 0 Å². The van der Waals surface area contributed by atoms with Crippen LogP contribution in [0.3, 0.4) is 0 Å². The second kappa shape index (κ2) is 8.73. The zero-order valence-electron chi connectivity index (χ0n) is 14.5. The predicted molar refractivity (Wildman–Crippen MR) is 93.8 cm³/mol. The van der Waals surface area contributed by atoms with Crippen molar-refractivity contribution in [3.63, 3.8) is 0 Å². The third-order valence-electron chi connectivity index (χ3n) is 3.36. The van der Waals surface area contributed by atoms with Crippen LogP contribution >= 0.6 is 11.6 Å². The number of halogens is 1. The Kier molecular flexibility index (Phi) is 6.66. The maximum Gasteiger partial charge on any atom is 0.243 e.